The average molecular weight is 314 g/mol. The van der Waals surface area contributed by atoms with Crippen LogP contribution in [-0.4, -0.2) is 18.6 Å². The first-order chi connectivity index (χ1) is 10.7. The van der Waals surface area contributed by atoms with Crippen molar-refractivity contribution >= 4 is 5.97 Å². The van der Waals surface area contributed by atoms with Gasteiger partial charge in [0, 0.05) is 12.5 Å². The van der Waals surface area contributed by atoms with Gasteiger partial charge in [0.25, 0.3) is 0 Å². The molecule has 0 aromatic carbocycles. The van der Waals surface area contributed by atoms with Crippen LogP contribution >= 0.6 is 0 Å². The SMILES string of the molecule is CCOC(=O)CCCCCCCCCCCCCCC(C)N. The van der Waals surface area contributed by atoms with Gasteiger partial charge in [-0.1, -0.05) is 70.6 Å². The van der Waals surface area contributed by atoms with Gasteiger partial charge in [0.2, 0.25) is 0 Å². The molecule has 0 aromatic rings. The standard InChI is InChI=1S/C19H39NO2/c1-3-22-19(21)17-15-13-11-9-7-5-4-6-8-10-12-14-16-18(2)20/h18H,3-17,20H2,1-2H3. The molecule has 0 spiro atoms. The molecule has 132 valence electrons. The Bertz CT molecular complexity index is 242. The maximum Gasteiger partial charge on any atom is 0.305 e. The van der Waals surface area contributed by atoms with Crippen LogP contribution < -0.4 is 5.73 Å². The van der Waals surface area contributed by atoms with Crippen molar-refractivity contribution in [1.82, 2.24) is 0 Å². The lowest BCUT2D eigenvalue weighted by atomic mass is 10.0. The Hall–Kier alpha value is -0.570. The van der Waals surface area contributed by atoms with E-state index in [1.807, 2.05) is 6.92 Å². The van der Waals surface area contributed by atoms with E-state index in [0.29, 0.717) is 19.1 Å². The molecule has 0 rings (SSSR count). The van der Waals surface area contributed by atoms with E-state index in [1.54, 1.807) is 0 Å². The second kappa shape index (κ2) is 16.8. The third-order valence-corrected chi connectivity index (χ3v) is 4.10. The molecule has 0 aliphatic heterocycles. The zero-order valence-electron chi connectivity index (χ0n) is 15.1. The predicted octanol–water partition coefficient (Wildman–Crippen LogP) is 5.36. The number of hydrogen-bond acceptors (Lipinski definition) is 3. The lowest BCUT2D eigenvalue weighted by Gasteiger charge is -2.05. The minimum atomic E-state index is -0.0385. The van der Waals surface area contributed by atoms with Crippen molar-refractivity contribution in [3.8, 4) is 0 Å². The zero-order valence-corrected chi connectivity index (χ0v) is 15.1. The van der Waals surface area contributed by atoms with Crippen LogP contribution in [0.5, 0.6) is 0 Å². The number of rotatable bonds is 16. The summed E-state index contributed by atoms with van der Waals surface area (Å²) in [4.78, 5) is 11.1. The molecule has 0 aliphatic rings. The number of hydrogen-bond donors (Lipinski definition) is 1. The topological polar surface area (TPSA) is 52.3 Å². The van der Waals surface area contributed by atoms with Gasteiger partial charge in [0.1, 0.15) is 0 Å². The molecule has 0 saturated carbocycles. The highest BCUT2D eigenvalue weighted by Gasteiger charge is 2.00. The second-order valence-electron chi connectivity index (χ2n) is 6.56. The summed E-state index contributed by atoms with van der Waals surface area (Å²) in [7, 11) is 0. The van der Waals surface area contributed by atoms with Gasteiger partial charge in [-0.25, -0.2) is 0 Å². The van der Waals surface area contributed by atoms with E-state index < -0.39 is 0 Å². The quantitative estimate of drug-likeness (QED) is 0.308. The van der Waals surface area contributed by atoms with Crippen molar-refractivity contribution in [3.63, 3.8) is 0 Å². The van der Waals surface area contributed by atoms with E-state index in [1.165, 1.54) is 77.0 Å². The highest BCUT2D eigenvalue weighted by Crippen LogP contribution is 2.13. The lowest BCUT2D eigenvalue weighted by Crippen LogP contribution is -2.13. The van der Waals surface area contributed by atoms with Crippen LogP contribution in [0.2, 0.25) is 0 Å². The van der Waals surface area contributed by atoms with E-state index in [0.717, 1.165) is 6.42 Å². The van der Waals surface area contributed by atoms with Crippen LogP contribution in [0.15, 0.2) is 0 Å². The molecule has 1 atom stereocenters. The molecule has 0 amide bonds. The fourth-order valence-corrected chi connectivity index (χ4v) is 2.74. The van der Waals surface area contributed by atoms with Gasteiger partial charge < -0.3 is 10.5 Å². The molecule has 0 bridgehead atoms. The van der Waals surface area contributed by atoms with Gasteiger partial charge in [-0.05, 0) is 26.7 Å². The van der Waals surface area contributed by atoms with Gasteiger partial charge in [-0.2, -0.15) is 0 Å². The molecule has 0 saturated heterocycles. The molecule has 22 heavy (non-hydrogen) atoms. The Morgan fingerprint density at radius 2 is 1.23 bits per heavy atom. The monoisotopic (exact) mass is 313 g/mol. The first-order valence-electron chi connectivity index (χ1n) is 9.58. The first kappa shape index (κ1) is 21.4. The molecule has 2 N–H and O–H groups in total. The minimum absolute atomic E-state index is 0.0385. The molecule has 1 unspecified atom stereocenters. The number of carbonyl (C=O) groups is 1. The summed E-state index contributed by atoms with van der Waals surface area (Å²) in [6.07, 6.45) is 17.4. The molecule has 0 aromatic heterocycles. The Morgan fingerprint density at radius 3 is 1.64 bits per heavy atom. The molecule has 3 nitrogen and oxygen atoms in total. The van der Waals surface area contributed by atoms with E-state index in [9.17, 15) is 4.79 Å². The molecule has 0 heterocycles. The van der Waals surface area contributed by atoms with Gasteiger partial charge in [-0.3, -0.25) is 4.79 Å². The maximum absolute atomic E-state index is 11.1. The van der Waals surface area contributed by atoms with Gasteiger partial charge in [0.05, 0.1) is 6.61 Å². The Labute approximate surface area is 138 Å². The Morgan fingerprint density at radius 1 is 0.818 bits per heavy atom. The fourth-order valence-electron chi connectivity index (χ4n) is 2.74. The molecule has 0 aliphatic carbocycles. The summed E-state index contributed by atoms with van der Waals surface area (Å²) in [6.45, 7) is 4.46. The van der Waals surface area contributed by atoms with Crippen molar-refractivity contribution in [2.75, 3.05) is 6.61 Å². The summed E-state index contributed by atoms with van der Waals surface area (Å²) in [6, 6.07) is 0.372. The van der Waals surface area contributed by atoms with Crippen molar-refractivity contribution in [1.29, 1.82) is 0 Å². The third kappa shape index (κ3) is 17.5. The van der Waals surface area contributed by atoms with Gasteiger partial charge in [0.15, 0.2) is 0 Å². The summed E-state index contributed by atoms with van der Waals surface area (Å²) in [5.74, 6) is -0.0385. The molecular formula is C19H39NO2. The van der Waals surface area contributed by atoms with Crippen molar-refractivity contribution in [2.24, 2.45) is 5.73 Å². The smallest absolute Gasteiger partial charge is 0.305 e. The van der Waals surface area contributed by atoms with Gasteiger partial charge >= 0.3 is 5.97 Å². The highest BCUT2D eigenvalue weighted by molar-refractivity contribution is 5.69. The lowest BCUT2D eigenvalue weighted by molar-refractivity contribution is -0.143. The van der Waals surface area contributed by atoms with E-state index >= 15 is 0 Å². The predicted molar refractivity (Wildman–Crippen MR) is 94.9 cm³/mol. The molecule has 0 fully saturated rings. The Kier molecular flexibility index (Phi) is 16.4. The van der Waals surface area contributed by atoms with Crippen LogP contribution in [-0.2, 0) is 9.53 Å². The number of carbonyl (C=O) groups excluding carboxylic acids is 1. The number of unbranched alkanes of at least 4 members (excludes halogenated alkanes) is 11. The van der Waals surface area contributed by atoms with Crippen molar-refractivity contribution < 1.29 is 9.53 Å². The number of nitrogens with two attached hydrogens (primary N) is 1. The number of ether oxygens (including phenoxy) is 1. The molecule has 0 radical (unpaired) electrons. The van der Waals surface area contributed by atoms with E-state index in [2.05, 4.69) is 6.92 Å². The second-order valence-corrected chi connectivity index (χ2v) is 6.56. The summed E-state index contributed by atoms with van der Waals surface area (Å²) < 4.78 is 4.92. The zero-order chi connectivity index (χ0) is 16.5. The molecule has 3 heteroatoms. The summed E-state index contributed by atoms with van der Waals surface area (Å²) in [5.41, 5.74) is 5.74. The van der Waals surface area contributed by atoms with Gasteiger partial charge in [-0.15, -0.1) is 0 Å². The normalized spacial score (nSPS) is 12.3. The van der Waals surface area contributed by atoms with Crippen molar-refractivity contribution in [3.05, 3.63) is 0 Å². The number of esters is 1. The molecular weight excluding hydrogens is 274 g/mol. The van der Waals surface area contributed by atoms with E-state index in [-0.39, 0.29) is 5.97 Å². The van der Waals surface area contributed by atoms with Crippen molar-refractivity contribution in [2.45, 2.75) is 110 Å². The van der Waals surface area contributed by atoms with Crippen LogP contribution in [0.1, 0.15) is 104 Å². The van der Waals surface area contributed by atoms with Crippen LogP contribution in [0.3, 0.4) is 0 Å². The van der Waals surface area contributed by atoms with Crippen LogP contribution in [0.4, 0.5) is 0 Å². The summed E-state index contributed by atoms with van der Waals surface area (Å²) >= 11 is 0. The fraction of sp³-hybridized carbons (Fsp3) is 0.947. The largest absolute Gasteiger partial charge is 0.466 e. The third-order valence-electron chi connectivity index (χ3n) is 4.10. The average Bonchev–Trinajstić information content (AvgIpc) is 2.47. The first-order valence-corrected chi connectivity index (χ1v) is 9.58. The maximum atomic E-state index is 11.1. The highest BCUT2D eigenvalue weighted by atomic mass is 16.5. The van der Waals surface area contributed by atoms with Crippen LogP contribution in [0.25, 0.3) is 0 Å². The Balaban J connectivity index is 3.04. The summed E-state index contributed by atoms with van der Waals surface area (Å²) in [5, 5.41) is 0. The minimum Gasteiger partial charge on any atom is -0.466 e. The van der Waals surface area contributed by atoms with Crippen LogP contribution in [0, 0.1) is 0 Å². The van der Waals surface area contributed by atoms with E-state index in [4.69, 9.17) is 10.5 Å².